The summed E-state index contributed by atoms with van der Waals surface area (Å²) in [6.07, 6.45) is 30.1. The van der Waals surface area contributed by atoms with Crippen molar-refractivity contribution in [3.05, 3.63) is 108 Å². The molecule has 0 spiro atoms. The highest BCUT2D eigenvalue weighted by molar-refractivity contribution is 14.0. The van der Waals surface area contributed by atoms with Gasteiger partial charge in [0.15, 0.2) is 0 Å². The molecule has 0 unspecified atom stereocenters. The number of carbonyl (C=O) groups is 7. The van der Waals surface area contributed by atoms with Crippen LogP contribution >= 0.6 is 24.0 Å². The van der Waals surface area contributed by atoms with Crippen molar-refractivity contribution in [1.82, 2.24) is 50.7 Å². The van der Waals surface area contributed by atoms with E-state index < -0.39 is 47.4 Å². The molecule has 22 nitrogen and oxygen atoms in total. The molecule has 636 valence electrons. The number of benzene rings is 3. The van der Waals surface area contributed by atoms with Gasteiger partial charge in [0.2, 0.25) is 17.7 Å². The number of nitrogens with two attached hydrogens (primary N) is 1. The third-order valence-corrected chi connectivity index (χ3v) is 25.2. The number of likely N-dealkylation sites (tertiary alicyclic amines) is 5. The maximum Gasteiger partial charge on any atom is 0.410 e. The minimum absolute atomic E-state index is 0. The number of nitrogens with one attached hydrogen (secondary N) is 4. The first kappa shape index (κ1) is 94.2. The largest absolute Gasteiger partial charge is 0.480 e. The lowest BCUT2D eigenvalue weighted by molar-refractivity contribution is -0.142. The summed E-state index contributed by atoms with van der Waals surface area (Å²) >= 11 is 0. The van der Waals surface area contributed by atoms with Gasteiger partial charge < -0.3 is 71.2 Å². The predicted molar refractivity (Wildman–Crippen MR) is 462 cm³/mol. The van der Waals surface area contributed by atoms with E-state index in [9.17, 15) is 38.7 Å². The van der Waals surface area contributed by atoms with Gasteiger partial charge in [-0.2, -0.15) is 0 Å². The molecule has 12 rings (SSSR count). The van der Waals surface area contributed by atoms with Gasteiger partial charge >= 0.3 is 24.1 Å². The summed E-state index contributed by atoms with van der Waals surface area (Å²) in [5, 5.41) is 30.2. The fourth-order valence-electron chi connectivity index (χ4n) is 18.4. The summed E-state index contributed by atoms with van der Waals surface area (Å²) in [5.74, 6) is 1.20. The summed E-state index contributed by atoms with van der Waals surface area (Å²) in [6.45, 7) is 26.9. The summed E-state index contributed by atoms with van der Waals surface area (Å²) < 4.78 is 10.1. The van der Waals surface area contributed by atoms with E-state index in [0.717, 1.165) is 159 Å². The van der Waals surface area contributed by atoms with Crippen LogP contribution < -0.4 is 27.0 Å². The fraction of sp³-hybridized carbons (Fsp3) is 0.722. The molecule has 0 bridgehead atoms. The van der Waals surface area contributed by atoms with Gasteiger partial charge in [0.05, 0.1) is 12.1 Å². The van der Waals surface area contributed by atoms with Gasteiger partial charge in [-0.3, -0.25) is 19.3 Å². The van der Waals surface area contributed by atoms with E-state index in [-0.39, 0.29) is 79.1 Å². The second-order valence-corrected chi connectivity index (χ2v) is 35.7. The fourth-order valence-corrected chi connectivity index (χ4v) is 18.4. The zero-order valence-electron chi connectivity index (χ0n) is 70.6. The third-order valence-electron chi connectivity index (χ3n) is 25.2. The van der Waals surface area contributed by atoms with Gasteiger partial charge in [-0.05, 0) is 256 Å². The molecule has 6 heterocycles. The Morgan fingerprint density at radius 1 is 0.504 bits per heavy atom. The van der Waals surface area contributed by atoms with Crippen LogP contribution in [0, 0.1) is 35.5 Å². The number of amides is 5. The molecule has 0 aromatic heterocycles. The highest BCUT2D eigenvalue weighted by Crippen LogP contribution is 2.37. The Balaban J connectivity index is 0.000000229. The average Bonchev–Trinajstić information content (AvgIpc) is 1.63. The maximum absolute atomic E-state index is 14.0. The van der Waals surface area contributed by atoms with Gasteiger partial charge in [0.25, 0.3) is 0 Å². The number of fused-ring (bicyclic) bond motifs is 3. The van der Waals surface area contributed by atoms with Crippen LogP contribution in [0.4, 0.5) is 9.59 Å². The molecule has 23 heteroatoms. The Labute approximate surface area is 696 Å². The lowest BCUT2D eigenvalue weighted by Gasteiger charge is -2.37. The number of carboxylic acid groups (broad SMARTS) is 2. The lowest BCUT2D eigenvalue weighted by atomic mass is 9.83. The molecule has 6 aliphatic heterocycles. The van der Waals surface area contributed by atoms with Crippen LogP contribution in [0.3, 0.4) is 0 Å². The van der Waals surface area contributed by atoms with Crippen LogP contribution in [0.2, 0.25) is 0 Å². The Bertz CT molecular complexity index is 3300. The summed E-state index contributed by atoms with van der Waals surface area (Å²) in [4.78, 5) is 98.1. The molecule has 11 atom stereocenters. The number of aliphatic carboxylic acids is 2. The van der Waals surface area contributed by atoms with Gasteiger partial charge in [0, 0.05) is 79.0 Å². The highest BCUT2D eigenvalue weighted by Gasteiger charge is 2.45. The van der Waals surface area contributed by atoms with E-state index >= 15 is 0 Å². The Morgan fingerprint density at radius 2 is 0.912 bits per heavy atom. The zero-order valence-corrected chi connectivity index (χ0v) is 72.9. The molecule has 6 saturated heterocycles. The number of nitrogens with zero attached hydrogens (tertiary/aromatic N) is 6. The van der Waals surface area contributed by atoms with Crippen molar-refractivity contribution in [2.75, 3.05) is 92.6 Å². The molecule has 113 heavy (non-hydrogen) atoms. The van der Waals surface area contributed by atoms with E-state index in [4.69, 9.17) is 20.3 Å². The molecule has 8 N–H and O–H groups in total. The van der Waals surface area contributed by atoms with Gasteiger partial charge in [-0.15, -0.1) is 24.0 Å². The maximum atomic E-state index is 14.0. The smallest absolute Gasteiger partial charge is 0.410 e. The number of hydrogen-bond donors (Lipinski definition) is 7. The normalized spacial score (nSPS) is 24.0. The van der Waals surface area contributed by atoms with E-state index in [0.29, 0.717) is 23.8 Å². The van der Waals surface area contributed by atoms with Crippen LogP contribution in [0.15, 0.2) is 91.0 Å². The van der Waals surface area contributed by atoms with Crippen molar-refractivity contribution in [1.29, 1.82) is 0 Å². The first-order valence-corrected chi connectivity index (χ1v) is 43.4. The zero-order chi connectivity index (χ0) is 80.7. The minimum atomic E-state index is -1.06. The molecule has 9 aliphatic rings. The average molecular weight is 1690 g/mol. The topological polar surface area (TPSA) is 272 Å². The number of halogens is 1. The van der Waals surface area contributed by atoms with Crippen LogP contribution in [0.1, 0.15) is 228 Å². The number of ether oxygens (including phenoxy) is 2. The number of likely N-dealkylation sites (N-methyl/N-ethyl adjacent to an activating group) is 2. The Morgan fingerprint density at radius 3 is 1.33 bits per heavy atom. The molecule has 5 amide bonds. The van der Waals surface area contributed by atoms with Crippen molar-refractivity contribution in [2.45, 2.75) is 288 Å². The third kappa shape index (κ3) is 31.5. The van der Waals surface area contributed by atoms with Crippen LogP contribution in [0.5, 0.6) is 0 Å². The van der Waals surface area contributed by atoms with Gasteiger partial charge in [-0.25, -0.2) is 19.2 Å². The monoisotopic (exact) mass is 1690 g/mol. The summed E-state index contributed by atoms with van der Waals surface area (Å²) in [7, 11) is 3.19. The Kier molecular flexibility index (Phi) is 40.1. The highest BCUT2D eigenvalue weighted by atomic mass is 127. The molecular formula is C90H148IN11O11. The first-order chi connectivity index (χ1) is 53.6. The minimum Gasteiger partial charge on any atom is -0.480 e. The van der Waals surface area contributed by atoms with Crippen molar-refractivity contribution in [3.8, 4) is 0 Å². The second-order valence-electron chi connectivity index (χ2n) is 35.7. The summed E-state index contributed by atoms with van der Waals surface area (Å²) in [6, 6.07) is 31.1. The standard InChI is InChI=1S/C28H44N4O2.C24H37N3O.C16H24N2.C13H23NO4.C9H17NO4.HI.H2/c1-21(29-2)27(33)30-26(24-12-7-4-8-13-24)28(34)32-19-16-23-14-9-17-31(20-25(23)32)18-15-22-10-5-3-6-11-22;25-23(21-10-5-2-6-11-21)24(28)27-17-14-20-12-7-15-26(18-22(20)27)16-13-19-8-3-1-4-9-19;1-2-5-14(6-3-1)9-12-18-11-4-7-15-8-10-17-16(15)13-18;1-13(2,3)18-12(17)14-10(11(15)16)9-7-5-4-6-8-9;1-6(7(11)12)10(5)8(13)14-9(2,3)4;;/h3,5-6,10-11,21,23-26,29H,4,7-9,12-20H2,1-2H3,(H,30,33);1,3-4,8-9,20-23H,2,5-7,10-18,25H2;1-3,5-6,15-17H,4,7-13H2;9-10H,4-8H2,1-3H3,(H,14,17)(H,15,16);6H,1-5H3,(H,11,12);2*1H/t21-,23+,25+,26-;20-,22-,23+;15-,16-;10-;6-;;/m01101../s1. The quantitative estimate of drug-likeness (QED) is 0.0488. The number of alkyl carbamates (subject to hydrolysis) is 1. The molecule has 0 radical (unpaired) electrons. The second kappa shape index (κ2) is 48.1. The van der Waals surface area contributed by atoms with Crippen molar-refractivity contribution in [3.63, 3.8) is 0 Å². The number of hydrogen-bond acceptors (Lipinski definition) is 15. The van der Waals surface area contributed by atoms with Crippen molar-refractivity contribution >= 4 is 65.8 Å². The molecule has 9 fully saturated rings. The van der Waals surface area contributed by atoms with Crippen LogP contribution in [-0.4, -0.2) is 234 Å². The van der Waals surface area contributed by atoms with E-state index in [1.165, 1.54) is 140 Å². The number of carboxylic acids is 2. The van der Waals surface area contributed by atoms with Crippen LogP contribution in [0.25, 0.3) is 0 Å². The van der Waals surface area contributed by atoms with Crippen molar-refractivity contribution in [2.24, 2.45) is 41.2 Å². The first-order valence-electron chi connectivity index (χ1n) is 43.4. The van der Waals surface area contributed by atoms with Gasteiger partial charge in [0.1, 0.15) is 29.3 Å². The molecule has 3 saturated carbocycles. The number of rotatable bonds is 21. The predicted octanol–water partition coefficient (Wildman–Crippen LogP) is 13.7. The molecule has 3 aromatic carbocycles. The van der Waals surface area contributed by atoms with E-state index in [1.54, 1.807) is 48.6 Å². The number of carbonyl (C=O) groups excluding carboxylic acids is 5. The molecular weight excluding hydrogens is 1540 g/mol. The molecule has 3 aliphatic carbocycles. The molecule has 3 aromatic rings. The Hall–Kier alpha value is -5.96. The van der Waals surface area contributed by atoms with Gasteiger partial charge in [-0.1, -0.05) is 149 Å². The van der Waals surface area contributed by atoms with Crippen molar-refractivity contribution < 1.29 is 54.7 Å². The lowest BCUT2D eigenvalue weighted by Crippen LogP contribution is -2.57. The van der Waals surface area contributed by atoms with Crippen LogP contribution in [-0.2, 0) is 52.7 Å². The van der Waals surface area contributed by atoms with E-state index in [1.807, 2.05) is 6.92 Å². The SMILES string of the molecule is CC(C)(C)OC(=O)N[C@H](C(=O)O)C1CCCCC1.CN[C@@H](C)C(=O)N[C@H](C(=O)N1CC[C@H]2CCCN(CCc3ccccc3)C[C@H]21)C1CCCCC1.C[C@H](C(=O)O)N(C)C(=O)OC(C)(C)C.I.N[C@H](C(=O)N1CC[C@H]2CCCN(CCc3ccccc3)C[C@H]21)C1CCCCC1.[HH].c1ccc(CCN2CCC[C@@H]3CCN[C@@H]3C2)cc1. The van der Waals surface area contributed by atoms with E-state index in [2.05, 4.69) is 137 Å². The summed E-state index contributed by atoms with van der Waals surface area (Å²) in [5.41, 5.74) is 9.53.